The lowest BCUT2D eigenvalue weighted by atomic mass is 10.2. The van der Waals surface area contributed by atoms with Crippen molar-refractivity contribution in [3.05, 3.63) is 25.3 Å². The maximum absolute atomic E-state index is 11.2. The predicted octanol–water partition coefficient (Wildman–Crippen LogP) is 1.94. The van der Waals surface area contributed by atoms with Gasteiger partial charge in [0.25, 0.3) is 0 Å². The van der Waals surface area contributed by atoms with Crippen molar-refractivity contribution in [1.82, 2.24) is 0 Å². The van der Waals surface area contributed by atoms with Crippen molar-refractivity contribution >= 4 is 11.6 Å². The molecule has 2 atom stereocenters. The van der Waals surface area contributed by atoms with Crippen LogP contribution in [0.1, 0.15) is 45.4 Å². The molecule has 0 aromatic rings. The molecule has 138 valence electrons. The molecule has 0 aromatic carbocycles. The van der Waals surface area contributed by atoms with E-state index >= 15 is 0 Å². The minimum atomic E-state index is -0.931. The molecule has 0 rings (SSSR count). The van der Waals surface area contributed by atoms with Gasteiger partial charge in [0.1, 0.15) is 0 Å². The Morgan fingerprint density at radius 3 is 1.79 bits per heavy atom. The molecule has 24 heavy (non-hydrogen) atoms. The Labute approximate surface area is 144 Å². The van der Waals surface area contributed by atoms with Crippen LogP contribution >= 0.6 is 0 Å². The van der Waals surface area contributed by atoms with Gasteiger partial charge in [0, 0.05) is 12.8 Å². The zero-order valence-electron chi connectivity index (χ0n) is 14.5. The van der Waals surface area contributed by atoms with Crippen molar-refractivity contribution in [2.24, 2.45) is 0 Å². The fourth-order valence-electron chi connectivity index (χ4n) is 1.96. The molecule has 0 aromatic heterocycles. The van der Waals surface area contributed by atoms with Crippen molar-refractivity contribution in [2.45, 2.75) is 63.9 Å². The van der Waals surface area contributed by atoms with E-state index in [1.54, 1.807) is 0 Å². The van der Waals surface area contributed by atoms with Crippen LogP contribution in [0.15, 0.2) is 25.3 Å². The monoisotopic (exact) mass is 342 g/mol. The standard InChI is InChI=1S/C18H30O6/c1-4-7-8-9-18(23-12-16(21)10-14(19)5-2)24-13-17(22)11-15(20)6-3/h5-6,16-18,21-22H,2-4,7-13H2,1H3. The van der Waals surface area contributed by atoms with E-state index < -0.39 is 18.5 Å². The third-order valence-electron chi connectivity index (χ3n) is 3.32. The molecule has 2 unspecified atom stereocenters. The molecule has 0 bridgehead atoms. The summed E-state index contributed by atoms with van der Waals surface area (Å²) >= 11 is 0. The lowest BCUT2D eigenvalue weighted by molar-refractivity contribution is -0.175. The molecular formula is C18H30O6. The van der Waals surface area contributed by atoms with Crippen LogP contribution in [0.25, 0.3) is 0 Å². The molecule has 0 radical (unpaired) electrons. The highest BCUT2D eigenvalue weighted by Crippen LogP contribution is 2.11. The number of rotatable bonds is 16. The molecule has 0 saturated carbocycles. The number of ketones is 2. The minimum Gasteiger partial charge on any atom is -0.390 e. The van der Waals surface area contributed by atoms with E-state index in [9.17, 15) is 19.8 Å². The summed E-state index contributed by atoms with van der Waals surface area (Å²) in [5.74, 6) is -0.513. The van der Waals surface area contributed by atoms with Crippen LogP contribution in [0.2, 0.25) is 0 Å². The molecule has 0 aliphatic rings. The summed E-state index contributed by atoms with van der Waals surface area (Å²) in [6.45, 7) is 8.69. The Kier molecular flexibility index (Phi) is 13.3. The third-order valence-corrected chi connectivity index (χ3v) is 3.32. The Hall–Kier alpha value is -1.34. The van der Waals surface area contributed by atoms with E-state index in [2.05, 4.69) is 20.1 Å². The average Bonchev–Trinajstić information content (AvgIpc) is 2.56. The molecule has 0 spiro atoms. The molecule has 0 aliphatic heterocycles. The zero-order valence-corrected chi connectivity index (χ0v) is 14.5. The topological polar surface area (TPSA) is 93.1 Å². The molecule has 0 saturated heterocycles. The van der Waals surface area contributed by atoms with Crippen molar-refractivity contribution in [3.63, 3.8) is 0 Å². The van der Waals surface area contributed by atoms with Gasteiger partial charge in [-0.1, -0.05) is 32.9 Å². The van der Waals surface area contributed by atoms with E-state index in [1.165, 1.54) is 0 Å². The summed E-state index contributed by atoms with van der Waals surface area (Å²) in [6, 6.07) is 0. The number of aliphatic hydroxyl groups is 2. The number of unbranched alkanes of at least 4 members (excludes halogenated alkanes) is 2. The minimum absolute atomic E-state index is 0.0436. The lowest BCUT2D eigenvalue weighted by Gasteiger charge is -2.21. The number of carbonyl (C=O) groups is 2. The van der Waals surface area contributed by atoms with Crippen molar-refractivity contribution in [3.8, 4) is 0 Å². The van der Waals surface area contributed by atoms with Crippen LogP contribution in [0.4, 0.5) is 0 Å². The fraction of sp³-hybridized carbons (Fsp3) is 0.667. The fourth-order valence-corrected chi connectivity index (χ4v) is 1.96. The van der Waals surface area contributed by atoms with Gasteiger partial charge in [0.15, 0.2) is 17.9 Å². The Morgan fingerprint density at radius 2 is 1.42 bits per heavy atom. The molecule has 6 nitrogen and oxygen atoms in total. The van der Waals surface area contributed by atoms with E-state index in [4.69, 9.17) is 9.47 Å². The zero-order chi connectivity index (χ0) is 18.4. The number of hydrogen-bond acceptors (Lipinski definition) is 6. The second-order valence-corrected chi connectivity index (χ2v) is 5.65. The summed E-state index contributed by atoms with van der Waals surface area (Å²) in [5.41, 5.74) is 0. The molecule has 2 N–H and O–H groups in total. The third kappa shape index (κ3) is 12.1. The number of aliphatic hydroxyl groups excluding tert-OH is 2. The highest BCUT2D eigenvalue weighted by molar-refractivity contribution is 5.89. The first kappa shape index (κ1) is 22.7. The van der Waals surface area contributed by atoms with Gasteiger partial charge in [-0.2, -0.15) is 0 Å². The van der Waals surface area contributed by atoms with Gasteiger partial charge in [-0.15, -0.1) is 0 Å². The van der Waals surface area contributed by atoms with Gasteiger partial charge in [0.05, 0.1) is 25.4 Å². The van der Waals surface area contributed by atoms with Crippen LogP contribution in [0.3, 0.4) is 0 Å². The van der Waals surface area contributed by atoms with Crippen LogP contribution in [-0.2, 0) is 19.1 Å². The first-order chi connectivity index (χ1) is 11.4. The predicted molar refractivity (Wildman–Crippen MR) is 91.5 cm³/mol. The van der Waals surface area contributed by atoms with Gasteiger partial charge in [-0.25, -0.2) is 0 Å². The number of carbonyl (C=O) groups excluding carboxylic acids is 2. The average molecular weight is 342 g/mol. The molecular weight excluding hydrogens is 312 g/mol. The number of hydrogen-bond donors (Lipinski definition) is 2. The maximum Gasteiger partial charge on any atom is 0.157 e. The largest absolute Gasteiger partial charge is 0.390 e. The van der Waals surface area contributed by atoms with Gasteiger partial charge >= 0.3 is 0 Å². The molecule has 6 heteroatoms. The first-order valence-corrected chi connectivity index (χ1v) is 8.32. The first-order valence-electron chi connectivity index (χ1n) is 8.32. The van der Waals surface area contributed by atoms with Crippen LogP contribution < -0.4 is 0 Å². The summed E-state index contributed by atoms with van der Waals surface area (Å²) in [5, 5.41) is 19.5. The molecule has 0 heterocycles. The lowest BCUT2D eigenvalue weighted by Crippen LogP contribution is -2.29. The second kappa shape index (κ2) is 14.0. The Balaban J connectivity index is 4.30. The van der Waals surface area contributed by atoms with Gasteiger partial charge < -0.3 is 19.7 Å². The number of ether oxygens (including phenoxy) is 2. The van der Waals surface area contributed by atoms with E-state index in [0.29, 0.717) is 6.42 Å². The molecule has 0 aliphatic carbocycles. The smallest absolute Gasteiger partial charge is 0.157 e. The highest BCUT2D eigenvalue weighted by Gasteiger charge is 2.17. The maximum atomic E-state index is 11.2. The van der Waals surface area contributed by atoms with Gasteiger partial charge in [-0.05, 0) is 25.0 Å². The SMILES string of the molecule is C=CC(=O)CC(O)COC(CCCCC)OCC(O)CC(=O)C=C. The quantitative estimate of drug-likeness (QED) is 0.253. The number of allylic oxidation sites excluding steroid dienone is 2. The Bertz CT molecular complexity index is 361. The van der Waals surface area contributed by atoms with Gasteiger partial charge in [0.2, 0.25) is 0 Å². The molecule has 0 amide bonds. The summed E-state index contributed by atoms with van der Waals surface area (Å²) in [7, 11) is 0. The second-order valence-electron chi connectivity index (χ2n) is 5.65. The molecule has 0 fully saturated rings. The Morgan fingerprint density at radius 1 is 0.958 bits per heavy atom. The highest BCUT2D eigenvalue weighted by atomic mass is 16.7. The van der Waals surface area contributed by atoms with Crippen molar-refractivity contribution in [2.75, 3.05) is 13.2 Å². The van der Waals surface area contributed by atoms with Crippen LogP contribution in [0, 0.1) is 0 Å². The summed E-state index contributed by atoms with van der Waals surface area (Å²) in [6.07, 6.45) is 3.29. The van der Waals surface area contributed by atoms with E-state index in [1.807, 2.05) is 0 Å². The van der Waals surface area contributed by atoms with Crippen LogP contribution in [0.5, 0.6) is 0 Å². The van der Waals surface area contributed by atoms with E-state index in [0.717, 1.165) is 31.4 Å². The summed E-state index contributed by atoms with van der Waals surface area (Å²) < 4.78 is 11.0. The normalized spacial score (nSPS) is 14.6. The van der Waals surface area contributed by atoms with Crippen molar-refractivity contribution < 1.29 is 29.3 Å². The van der Waals surface area contributed by atoms with Gasteiger partial charge in [-0.3, -0.25) is 9.59 Å². The van der Waals surface area contributed by atoms with E-state index in [-0.39, 0.29) is 37.6 Å². The van der Waals surface area contributed by atoms with Crippen LogP contribution in [-0.4, -0.2) is 53.5 Å². The van der Waals surface area contributed by atoms with Crippen molar-refractivity contribution in [1.29, 1.82) is 0 Å². The summed E-state index contributed by atoms with van der Waals surface area (Å²) in [4.78, 5) is 22.4.